The summed E-state index contributed by atoms with van der Waals surface area (Å²) in [5, 5.41) is 0. The van der Waals surface area contributed by atoms with Crippen molar-refractivity contribution < 1.29 is 9.53 Å². The molecule has 3 rings (SSSR count). The lowest BCUT2D eigenvalue weighted by molar-refractivity contribution is 0.0111. The largest absolute Gasteiger partial charge is 0.459 e. The molecule has 0 heterocycles. The zero-order valence-electron chi connectivity index (χ0n) is 15.3. The van der Waals surface area contributed by atoms with Gasteiger partial charge in [0.15, 0.2) is 0 Å². The minimum Gasteiger partial charge on any atom is -0.459 e. The highest BCUT2D eigenvalue weighted by molar-refractivity contribution is 5.89. The van der Waals surface area contributed by atoms with Gasteiger partial charge in [0.05, 0.1) is 5.56 Å². The molecule has 2 heteroatoms. The molecule has 132 valence electrons. The van der Waals surface area contributed by atoms with Gasteiger partial charge in [0, 0.05) is 0 Å². The minimum atomic E-state index is -0.146. The molecule has 0 radical (unpaired) electrons. The van der Waals surface area contributed by atoms with Crippen LogP contribution in [-0.2, 0) is 11.2 Å². The van der Waals surface area contributed by atoms with Crippen LogP contribution in [-0.4, -0.2) is 12.1 Å². The normalized spacial score (nSPS) is 30.8. The molecule has 0 aromatic heterocycles. The molecule has 0 N–H and O–H groups in total. The van der Waals surface area contributed by atoms with Gasteiger partial charge in [0.2, 0.25) is 0 Å². The Bertz CT molecular complexity index is 517. The van der Waals surface area contributed by atoms with Crippen LogP contribution < -0.4 is 0 Å². The van der Waals surface area contributed by atoms with Crippen LogP contribution >= 0.6 is 0 Å². The van der Waals surface area contributed by atoms with Crippen LogP contribution in [0.1, 0.15) is 81.1 Å². The van der Waals surface area contributed by atoms with Crippen molar-refractivity contribution in [2.45, 2.75) is 77.7 Å². The molecule has 0 unspecified atom stereocenters. The van der Waals surface area contributed by atoms with Crippen LogP contribution in [0.5, 0.6) is 0 Å². The van der Waals surface area contributed by atoms with Crippen LogP contribution in [0.2, 0.25) is 0 Å². The average molecular weight is 328 g/mol. The van der Waals surface area contributed by atoms with Crippen molar-refractivity contribution in [1.29, 1.82) is 0 Å². The Morgan fingerprint density at radius 2 is 1.46 bits per heavy atom. The summed E-state index contributed by atoms with van der Waals surface area (Å²) in [6.07, 6.45) is 11.4. The molecular weight excluding hydrogens is 296 g/mol. The Morgan fingerprint density at radius 1 is 0.917 bits per heavy atom. The quantitative estimate of drug-likeness (QED) is 0.654. The highest BCUT2D eigenvalue weighted by Crippen LogP contribution is 2.40. The number of carbonyl (C=O) groups excluding carboxylic acids is 1. The Morgan fingerprint density at radius 3 is 2.00 bits per heavy atom. The van der Waals surface area contributed by atoms with Gasteiger partial charge in [-0.25, -0.2) is 4.79 Å². The van der Waals surface area contributed by atoms with Gasteiger partial charge >= 0.3 is 5.97 Å². The molecule has 2 fully saturated rings. The Hall–Kier alpha value is -1.31. The molecule has 2 aliphatic carbocycles. The zero-order chi connectivity index (χ0) is 16.9. The summed E-state index contributed by atoms with van der Waals surface area (Å²) in [7, 11) is 0. The molecular formula is C22H32O2. The first-order chi connectivity index (χ1) is 11.7. The average Bonchev–Trinajstić information content (AvgIpc) is 2.63. The number of hydrogen-bond acceptors (Lipinski definition) is 2. The fourth-order valence-corrected chi connectivity index (χ4v) is 4.53. The molecule has 0 bridgehead atoms. The second-order valence-electron chi connectivity index (χ2n) is 8.01. The zero-order valence-corrected chi connectivity index (χ0v) is 15.3. The summed E-state index contributed by atoms with van der Waals surface area (Å²) in [4.78, 5) is 12.3. The Labute approximate surface area is 147 Å². The highest BCUT2D eigenvalue weighted by atomic mass is 16.5. The van der Waals surface area contributed by atoms with E-state index in [0.29, 0.717) is 5.56 Å². The summed E-state index contributed by atoms with van der Waals surface area (Å²) >= 11 is 0. The van der Waals surface area contributed by atoms with Gasteiger partial charge in [-0.05, 0) is 80.4 Å². The summed E-state index contributed by atoms with van der Waals surface area (Å²) in [5.41, 5.74) is 1.95. The molecule has 1 aromatic rings. The first-order valence-electron chi connectivity index (χ1n) is 9.95. The molecule has 1 aromatic carbocycles. The van der Waals surface area contributed by atoms with E-state index in [0.717, 1.165) is 37.0 Å². The molecule has 0 amide bonds. The number of aryl methyl sites for hydroxylation is 1. The summed E-state index contributed by atoms with van der Waals surface area (Å²) in [6, 6.07) is 7.85. The molecule has 0 spiro atoms. The number of carbonyl (C=O) groups is 1. The van der Waals surface area contributed by atoms with Crippen LogP contribution in [0, 0.1) is 17.8 Å². The predicted octanol–water partition coefficient (Wildman–Crippen LogP) is 5.79. The van der Waals surface area contributed by atoms with E-state index >= 15 is 0 Å². The smallest absolute Gasteiger partial charge is 0.338 e. The summed E-state index contributed by atoms with van der Waals surface area (Å²) in [6.45, 7) is 4.51. The first-order valence-corrected chi connectivity index (χ1v) is 9.95. The van der Waals surface area contributed by atoms with Crippen molar-refractivity contribution in [2.24, 2.45) is 17.8 Å². The van der Waals surface area contributed by atoms with Gasteiger partial charge in [-0.1, -0.05) is 38.8 Å². The number of hydrogen-bond donors (Lipinski definition) is 0. The molecule has 24 heavy (non-hydrogen) atoms. The minimum absolute atomic E-state index is 0.127. The van der Waals surface area contributed by atoms with E-state index in [2.05, 4.69) is 13.8 Å². The van der Waals surface area contributed by atoms with E-state index in [-0.39, 0.29) is 12.1 Å². The third-order valence-electron chi connectivity index (χ3n) is 6.32. The first kappa shape index (κ1) is 17.5. The number of benzene rings is 1. The Balaban J connectivity index is 1.45. The van der Waals surface area contributed by atoms with Gasteiger partial charge in [0.1, 0.15) is 6.10 Å². The van der Waals surface area contributed by atoms with Crippen molar-refractivity contribution in [3.8, 4) is 0 Å². The van der Waals surface area contributed by atoms with Crippen LogP contribution in [0.3, 0.4) is 0 Å². The maximum Gasteiger partial charge on any atom is 0.338 e. The maximum absolute atomic E-state index is 12.3. The van der Waals surface area contributed by atoms with E-state index in [1.54, 1.807) is 0 Å². The van der Waals surface area contributed by atoms with Crippen LogP contribution in [0.15, 0.2) is 24.3 Å². The second-order valence-corrected chi connectivity index (χ2v) is 8.01. The monoisotopic (exact) mass is 328 g/mol. The second kappa shape index (κ2) is 8.18. The molecule has 0 saturated heterocycles. The van der Waals surface area contributed by atoms with Crippen LogP contribution in [0.4, 0.5) is 0 Å². The van der Waals surface area contributed by atoms with E-state index in [1.165, 1.54) is 44.1 Å². The van der Waals surface area contributed by atoms with E-state index in [9.17, 15) is 4.79 Å². The predicted molar refractivity (Wildman–Crippen MR) is 98.1 cm³/mol. The standard InChI is InChI=1S/C22H32O2/c1-3-17-6-10-20(11-7-17)22(23)24-21-14-12-19(13-15-21)18-8-4-16(2)5-9-18/h6-7,10-11,16,18-19,21H,3-5,8-9,12-15H2,1-2H3. The third-order valence-corrected chi connectivity index (χ3v) is 6.32. The van der Waals surface area contributed by atoms with Gasteiger partial charge in [-0.2, -0.15) is 0 Å². The molecule has 0 atom stereocenters. The van der Waals surface area contributed by atoms with E-state index < -0.39 is 0 Å². The van der Waals surface area contributed by atoms with E-state index in [4.69, 9.17) is 4.74 Å². The highest BCUT2D eigenvalue weighted by Gasteiger charge is 2.31. The van der Waals surface area contributed by atoms with Crippen molar-refractivity contribution in [3.63, 3.8) is 0 Å². The van der Waals surface area contributed by atoms with E-state index in [1.807, 2.05) is 24.3 Å². The number of ether oxygens (including phenoxy) is 1. The van der Waals surface area contributed by atoms with Gasteiger partial charge in [-0.3, -0.25) is 0 Å². The third kappa shape index (κ3) is 4.40. The van der Waals surface area contributed by atoms with Crippen molar-refractivity contribution in [2.75, 3.05) is 0 Å². The lowest BCUT2D eigenvalue weighted by atomic mass is 9.71. The van der Waals surface area contributed by atoms with Crippen molar-refractivity contribution >= 4 is 5.97 Å². The van der Waals surface area contributed by atoms with Gasteiger partial charge < -0.3 is 4.74 Å². The molecule has 2 saturated carbocycles. The maximum atomic E-state index is 12.3. The molecule has 2 aliphatic rings. The lowest BCUT2D eigenvalue weighted by Crippen LogP contribution is -2.29. The van der Waals surface area contributed by atoms with Gasteiger partial charge in [0.25, 0.3) is 0 Å². The Kier molecular flexibility index (Phi) is 5.97. The lowest BCUT2D eigenvalue weighted by Gasteiger charge is -2.37. The molecule has 2 nitrogen and oxygen atoms in total. The number of rotatable bonds is 4. The van der Waals surface area contributed by atoms with Crippen LogP contribution in [0.25, 0.3) is 0 Å². The summed E-state index contributed by atoms with van der Waals surface area (Å²) in [5.74, 6) is 2.58. The van der Waals surface area contributed by atoms with Crippen molar-refractivity contribution in [3.05, 3.63) is 35.4 Å². The SMILES string of the molecule is CCc1ccc(C(=O)OC2CCC(C3CCC(C)CC3)CC2)cc1. The topological polar surface area (TPSA) is 26.3 Å². The molecule has 0 aliphatic heterocycles. The fourth-order valence-electron chi connectivity index (χ4n) is 4.53. The van der Waals surface area contributed by atoms with Gasteiger partial charge in [-0.15, -0.1) is 0 Å². The summed E-state index contributed by atoms with van der Waals surface area (Å²) < 4.78 is 5.76. The number of esters is 1. The van der Waals surface area contributed by atoms with Crippen molar-refractivity contribution in [1.82, 2.24) is 0 Å². The fraction of sp³-hybridized carbons (Fsp3) is 0.682.